The van der Waals surface area contributed by atoms with Crippen molar-refractivity contribution in [1.82, 2.24) is 4.90 Å². The van der Waals surface area contributed by atoms with Crippen LogP contribution in [0.4, 0.5) is 5.69 Å². The first-order valence-electron chi connectivity index (χ1n) is 13.0. The highest BCUT2D eigenvalue weighted by atomic mass is 35.5. The molecule has 0 bridgehead atoms. The Labute approximate surface area is 221 Å². The number of aryl methyl sites for hydroxylation is 1. The number of para-hydroxylation sites is 1. The molecule has 0 aromatic heterocycles. The number of esters is 1. The fourth-order valence-corrected chi connectivity index (χ4v) is 6.96. The molecule has 4 aliphatic heterocycles. The number of aliphatic hydroxyl groups excluding tert-OH is 1. The second-order valence-corrected chi connectivity index (χ2v) is 10.6. The van der Waals surface area contributed by atoms with E-state index in [1.54, 1.807) is 17.0 Å². The lowest BCUT2D eigenvalue weighted by Crippen LogP contribution is -2.59. The van der Waals surface area contributed by atoms with Crippen LogP contribution in [0, 0.1) is 18.8 Å². The van der Waals surface area contributed by atoms with Crippen LogP contribution in [0.5, 0.6) is 0 Å². The van der Waals surface area contributed by atoms with Gasteiger partial charge in [-0.05, 0) is 37.8 Å². The molecule has 9 heteroatoms. The zero-order chi connectivity index (χ0) is 26.5. The monoisotopic (exact) mass is 528 g/mol. The Morgan fingerprint density at radius 1 is 1.14 bits per heavy atom. The third-order valence-corrected chi connectivity index (χ3v) is 8.68. The Bertz CT molecular complexity index is 1160. The van der Waals surface area contributed by atoms with Gasteiger partial charge in [0.1, 0.15) is 23.2 Å². The lowest BCUT2D eigenvalue weighted by atomic mass is 9.73. The van der Waals surface area contributed by atoms with Gasteiger partial charge >= 0.3 is 5.97 Å². The summed E-state index contributed by atoms with van der Waals surface area (Å²) < 4.78 is 12.4. The van der Waals surface area contributed by atoms with E-state index < -0.39 is 41.1 Å². The largest absolute Gasteiger partial charge is 0.465 e. The lowest BCUT2D eigenvalue weighted by Gasteiger charge is -2.41. The summed E-state index contributed by atoms with van der Waals surface area (Å²) in [4.78, 5) is 45.3. The number of amides is 2. The molecule has 5 rings (SSSR count). The van der Waals surface area contributed by atoms with Crippen LogP contribution < -0.4 is 4.90 Å². The second-order valence-electron chi connectivity index (χ2n) is 10.2. The number of carbonyl (C=O) groups is 3. The van der Waals surface area contributed by atoms with E-state index in [-0.39, 0.29) is 31.6 Å². The molecule has 198 valence electrons. The van der Waals surface area contributed by atoms with Gasteiger partial charge in [-0.2, -0.15) is 0 Å². The van der Waals surface area contributed by atoms with Gasteiger partial charge in [-0.1, -0.05) is 61.9 Å². The molecule has 2 amide bonds. The van der Waals surface area contributed by atoms with Gasteiger partial charge in [0.05, 0.1) is 35.9 Å². The van der Waals surface area contributed by atoms with E-state index in [4.69, 9.17) is 21.1 Å². The summed E-state index contributed by atoms with van der Waals surface area (Å²) in [5.41, 5.74) is -1.12. The van der Waals surface area contributed by atoms with Crippen molar-refractivity contribution in [3.63, 3.8) is 0 Å². The number of carbonyl (C=O) groups excluding carboxylic acids is 3. The molecule has 0 saturated carbocycles. The molecule has 6 atom stereocenters. The average molecular weight is 529 g/mol. The summed E-state index contributed by atoms with van der Waals surface area (Å²) in [5, 5.41) is 10.7. The number of hydrogen-bond donors (Lipinski definition) is 1. The van der Waals surface area contributed by atoms with Crippen molar-refractivity contribution >= 4 is 35.1 Å². The summed E-state index contributed by atoms with van der Waals surface area (Å²) in [6.45, 7) is 5.76. The Morgan fingerprint density at radius 2 is 1.92 bits per heavy atom. The van der Waals surface area contributed by atoms with Gasteiger partial charge in [0.15, 0.2) is 0 Å². The van der Waals surface area contributed by atoms with Crippen LogP contribution in [0.25, 0.3) is 0 Å². The lowest BCUT2D eigenvalue weighted by molar-refractivity contribution is -0.161. The van der Waals surface area contributed by atoms with Crippen LogP contribution in [0.1, 0.15) is 38.7 Å². The van der Waals surface area contributed by atoms with Crippen molar-refractivity contribution in [2.45, 2.75) is 63.3 Å². The van der Waals surface area contributed by atoms with Crippen LogP contribution in [-0.4, -0.2) is 70.8 Å². The van der Waals surface area contributed by atoms with Gasteiger partial charge in [0, 0.05) is 6.54 Å². The third kappa shape index (κ3) is 3.67. The van der Waals surface area contributed by atoms with Crippen LogP contribution in [0.3, 0.4) is 0 Å². The van der Waals surface area contributed by atoms with Gasteiger partial charge in [-0.15, -0.1) is 0 Å². The molecule has 1 N–H and O–H groups in total. The molecule has 1 spiro atoms. The summed E-state index contributed by atoms with van der Waals surface area (Å²) in [6, 6.07) is 3.72. The molecule has 1 unspecified atom stereocenters. The number of likely N-dealkylation sites (tertiary alicyclic amines) is 1. The van der Waals surface area contributed by atoms with Gasteiger partial charge < -0.3 is 24.4 Å². The van der Waals surface area contributed by atoms with Gasteiger partial charge in [-0.3, -0.25) is 14.4 Å². The van der Waals surface area contributed by atoms with Crippen molar-refractivity contribution in [3.8, 4) is 0 Å². The molecule has 37 heavy (non-hydrogen) atoms. The number of nitrogens with zero attached hydrogens (tertiary/aromatic N) is 2. The minimum absolute atomic E-state index is 0.217. The maximum Gasteiger partial charge on any atom is 0.313 e. The van der Waals surface area contributed by atoms with Gasteiger partial charge in [-0.25, -0.2) is 0 Å². The second kappa shape index (κ2) is 9.57. The minimum atomic E-state index is -1.41. The molecule has 4 aliphatic rings. The molecular formula is C28H33ClN2O6. The number of aliphatic hydroxyl groups is 1. The van der Waals surface area contributed by atoms with E-state index in [9.17, 15) is 19.5 Å². The zero-order valence-electron chi connectivity index (χ0n) is 21.4. The first kappa shape index (κ1) is 25.9. The van der Waals surface area contributed by atoms with Crippen molar-refractivity contribution in [3.05, 3.63) is 53.1 Å². The van der Waals surface area contributed by atoms with E-state index in [1.807, 2.05) is 51.1 Å². The molecule has 1 aromatic rings. The van der Waals surface area contributed by atoms with Crippen molar-refractivity contribution in [2.24, 2.45) is 11.8 Å². The summed E-state index contributed by atoms with van der Waals surface area (Å²) >= 11 is 6.58. The van der Waals surface area contributed by atoms with E-state index in [1.165, 1.54) is 4.90 Å². The van der Waals surface area contributed by atoms with Crippen molar-refractivity contribution in [2.75, 3.05) is 24.7 Å². The molecule has 1 aromatic carbocycles. The third-order valence-electron chi connectivity index (χ3n) is 8.37. The maximum atomic E-state index is 14.5. The summed E-state index contributed by atoms with van der Waals surface area (Å²) in [5.74, 6) is -3.13. The Hall–Kier alpha value is -2.68. The maximum absolute atomic E-state index is 14.5. The zero-order valence-corrected chi connectivity index (χ0v) is 22.1. The SMILES string of the molecule is CC[C@@H](CO)N1C(=O)[C@@H]2[C@@H]3C(=O)OCCC=C[C@]3(CC)O[C@@]23C=CCN(c2c(C)cccc2Cl)C(=O)C13. The number of anilines is 1. The molecule has 2 fully saturated rings. The van der Waals surface area contributed by atoms with E-state index in [0.717, 1.165) is 5.56 Å². The number of fused-ring (bicyclic) bond motifs is 2. The predicted octanol–water partition coefficient (Wildman–Crippen LogP) is 3.19. The van der Waals surface area contributed by atoms with Crippen molar-refractivity contribution in [1.29, 1.82) is 0 Å². The minimum Gasteiger partial charge on any atom is -0.465 e. The topological polar surface area (TPSA) is 96.4 Å². The molecule has 2 saturated heterocycles. The summed E-state index contributed by atoms with van der Waals surface area (Å²) in [6.07, 6.45) is 8.80. The van der Waals surface area contributed by atoms with Gasteiger partial charge in [0.2, 0.25) is 5.91 Å². The highest BCUT2D eigenvalue weighted by Gasteiger charge is 2.76. The van der Waals surface area contributed by atoms with E-state index >= 15 is 0 Å². The average Bonchev–Trinajstić information content (AvgIpc) is 3.22. The van der Waals surface area contributed by atoms with Crippen LogP contribution in [0.15, 0.2) is 42.5 Å². The number of cyclic esters (lactones) is 1. The Kier molecular flexibility index (Phi) is 6.71. The number of benzene rings is 1. The van der Waals surface area contributed by atoms with Crippen LogP contribution in [0.2, 0.25) is 5.02 Å². The summed E-state index contributed by atoms with van der Waals surface area (Å²) in [7, 11) is 0. The number of ether oxygens (including phenoxy) is 2. The van der Waals surface area contributed by atoms with Crippen LogP contribution >= 0.6 is 11.6 Å². The quantitative estimate of drug-likeness (QED) is 0.466. The number of rotatable bonds is 5. The van der Waals surface area contributed by atoms with Crippen molar-refractivity contribution < 1.29 is 29.0 Å². The Balaban J connectivity index is 1.72. The van der Waals surface area contributed by atoms with E-state index in [2.05, 4.69) is 0 Å². The molecule has 0 radical (unpaired) electrons. The Morgan fingerprint density at radius 3 is 2.59 bits per heavy atom. The molecule has 4 heterocycles. The first-order chi connectivity index (χ1) is 17.8. The standard InChI is InChI=1S/C28H33ClN2O6/c1-4-18(16-32)31-23-25(34)30(22-17(3)10-8-11-19(22)29)14-9-13-28(23)20(24(31)33)21-26(35)36-15-7-6-12-27(21,5-2)37-28/h6,8-13,18,20-21,23,32H,4-5,7,14-16H2,1-3H3/t18-,20-,21+,23?,27-,28-/m0/s1. The normalized spacial score (nSPS) is 33.9. The molecule has 8 nitrogen and oxygen atoms in total. The number of hydrogen-bond acceptors (Lipinski definition) is 6. The fourth-order valence-electron chi connectivity index (χ4n) is 6.64. The highest BCUT2D eigenvalue weighted by molar-refractivity contribution is 6.34. The smallest absolute Gasteiger partial charge is 0.313 e. The van der Waals surface area contributed by atoms with Crippen LogP contribution in [-0.2, 0) is 23.9 Å². The van der Waals surface area contributed by atoms with E-state index in [0.29, 0.717) is 30.0 Å². The van der Waals surface area contributed by atoms with Gasteiger partial charge in [0.25, 0.3) is 5.91 Å². The first-order valence-corrected chi connectivity index (χ1v) is 13.4. The number of halogens is 1. The molecule has 0 aliphatic carbocycles. The molecular weight excluding hydrogens is 496 g/mol. The fraction of sp³-hybridized carbons (Fsp3) is 0.536. The highest BCUT2D eigenvalue weighted by Crippen LogP contribution is 2.59. The predicted molar refractivity (Wildman–Crippen MR) is 138 cm³/mol.